The van der Waals surface area contributed by atoms with Crippen molar-refractivity contribution in [2.24, 2.45) is 5.14 Å². The Bertz CT molecular complexity index is 760. The zero-order valence-corrected chi connectivity index (χ0v) is 13.1. The quantitative estimate of drug-likeness (QED) is 0.737. The lowest BCUT2D eigenvalue weighted by molar-refractivity contribution is 0.598. The lowest BCUT2D eigenvalue weighted by Gasteiger charge is -2.12. The number of nitrogens with one attached hydrogen (secondary N) is 1. The van der Waals surface area contributed by atoms with E-state index in [1.54, 1.807) is 6.07 Å². The molecule has 0 fully saturated rings. The van der Waals surface area contributed by atoms with Crippen molar-refractivity contribution in [1.29, 1.82) is 0 Å². The Labute approximate surface area is 126 Å². The second kappa shape index (κ2) is 5.43. The van der Waals surface area contributed by atoms with Gasteiger partial charge in [-0.3, -0.25) is 0 Å². The molecule has 2 aromatic rings. The molecule has 0 aliphatic heterocycles. The standard InChI is InChI=1S/C13H14BrN3O2S/c1-8-12(14)3-2-4-13(8)17-10-5-9(15)6-11(7-10)20(16,18)19/h2-7,17H,15H2,1H3,(H2,16,18,19). The molecule has 0 radical (unpaired) electrons. The minimum atomic E-state index is -3.79. The van der Waals surface area contributed by atoms with Crippen LogP contribution in [0.2, 0.25) is 0 Å². The molecule has 5 nitrogen and oxygen atoms in total. The summed E-state index contributed by atoms with van der Waals surface area (Å²) in [5.41, 5.74) is 8.46. The van der Waals surface area contributed by atoms with E-state index >= 15 is 0 Å². The van der Waals surface area contributed by atoms with E-state index < -0.39 is 10.0 Å². The van der Waals surface area contributed by atoms with Crippen LogP contribution in [0, 0.1) is 6.92 Å². The average Bonchev–Trinajstić information content (AvgIpc) is 2.33. The van der Waals surface area contributed by atoms with Crippen LogP contribution in [0.1, 0.15) is 5.56 Å². The van der Waals surface area contributed by atoms with Crippen LogP contribution in [-0.2, 0) is 10.0 Å². The second-order valence-corrected chi connectivity index (χ2v) is 6.79. The van der Waals surface area contributed by atoms with Gasteiger partial charge in [0.2, 0.25) is 10.0 Å². The Kier molecular flexibility index (Phi) is 4.03. The van der Waals surface area contributed by atoms with Gasteiger partial charge >= 0.3 is 0 Å². The smallest absolute Gasteiger partial charge is 0.238 e. The normalized spacial score (nSPS) is 11.3. The first kappa shape index (κ1) is 14.8. The van der Waals surface area contributed by atoms with E-state index in [4.69, 9.17) is 10.9 Å². The summed E-state index contributed by atoms with van der Waals surface area (Å²) in [6.07, 6.45) is 0. The molecule has 20 heavy (non-hydrogen) atoms. The average molecular weight is 356 g/mol. The predicted molar refractivity (Wildman–Crippen MR) is 84.4 cm³/mol. The highest BCUT2D eigenvalue weighted by molar-refractivity contribution is 9.10. The Morgan fingerprint density at radius 1 is 1.20 bits per heavy atom. The van der Waals surface area contributed by atoms with E-state index in [9.17, 15) is 8.42 Å². The number of hydrogen-bond donors (Lipinski definition) is 3. The van der Waals surface area contributed by atoms with E-state index in [-0.39, 0.29) is 4.90 Å². The van der Waals surface area contributed by atoms with Gasteiger partial charge in [-0.05, 0) is 42.8 Å². The SMILES string of the molecule is Cc1c(Br)cccc1Nc1cc(N)cc(S(N)(=O)=O)c1. The van der Waals surface area contributed by atoms with Crippen LogP contribution in [0.25, 0.3) is 0 Å². The number of hydrogen-bond acceptors (Lipinski definition) is 4. The Morgan fingerprint density at radius 2 is 1.90 bits per heavy atom. The maximum absolute atomic E-state index is 11.4. The largest absolute Gasteiger partial charge is 0.399 e. The first-order chi connectivity index (χ1) is 9.27. The van der Waals surface area contributed by atoms with Crippen molar-refractivity contribution in [1.82, 2.24) is 0 Å². The molecule has 0 unspecified atom stereocenters. The number of sulfonamides is 1. The van der Waals surface area contributed by atoms with E-state index in [0.717, 1.165) is 15.7 Å². The molecule has 0 spiro atoms. The minimum absolute atomic E-state index is 0.0207. The number of nitrogen functional groups attached to an aromatic ring is 1. The fourth-order valence-corrected chi connectivity index (χ4v) is 2.71. The van der Waals surface area contributed by atoms with E-state index in [0.29, 0.717) is 11.4 Å². The topological polar surface area (TPSA) is 98.2 Å². The summed E-state index contributed by atoms with van der Waals surface area (Å²) in [6, 6.07) is 10.1. The van der Waals surface area contributed by atoms with Crippen molar-refractivity contribution in [2.45, 2.75) is 11.8 Å². The van der Waals surface area contributed by atoms with Crippen molar-refractivity contribution in [3.05, 3.63) is 46.4 Å². The first-order valence-corrected chi connectivity index (χ1v) is 8.07. The highest BCUT2D eigenvalue weighted by Crippen LogP contribution is 2.28. The van der Waals surface area contributed by atoms with E-state index in [1.807, 2.05) is 25.1 Å². The monoisotopic (exact) mass is 355 g/mol. The predicted octanol–water partition coefficient (Wildman–Crippen LogP) is 2.73. The fraction of sp³-hybridized carbons (Fsp3) is 0.0769. The number of anilines is 3. The summed E-state index contributed by atoms with van der Waals surface area (Å²) < 4.78 is 23.8. The summed E-state index contributed by atoms with van der Waals surface area (Å²) in [4.78, 5) is -0.0207. The van der Waals surface area contributed by atoms with Crippen molar-refractivity contribution >= 4 is 43.0 Å². The maximum atomic E-state index is 11.4. The molecule has 2 aromatic carbocycles. The van der Waals surface area contributed by atoms with E-state index in [1.165, 1.54) is 12.1 Å². The third-order valence-electron chi connectivity index (χ3n) is 2.80. The number of halogens is 1. The van der Waals surface area contributed by atoms with Gasteiger partial charge in [0, 0.05) is 21.5 Å². The fourth-order valence-electron chi connectivity index (χ4n) is 1.76. The molecule has 0 aliphatic rings. The van der Waals surface area contributed by atoms with Crippen LogP contribution in [0.15, 0.2) is 45.8 Å². The van der Waals surface area contributed by atoms with Crippen LogP contribution in [0.3, 0.4) is 0 Å². The summed E-state index contributed by atoms with van der Waals surface area (Å²) in [7, 11) is -3.79. The van der Waals surface area contributed by atoms with Crippen LogP contribution in [-0.4, -0.2) is 8.42 Å². The number of benzene rings is 2. The molecule has 0 saturated carbocycles. The van der Waals surface area contributed by atoms with Gasteiger partial charge in [0.15, 0.2) is 0 Å². The van der Waals surface area contributed by atoms with Crippen molar-refractivity contribution in [3.8, 4) is 0 Å². The summed E-state index contributed by atoms with van der Waals surface area (Å²) >= 11 is 3.44. The first-order valence-electron chi connectivity index (χ1n) is 5.73. The molecule has 0 aliphatic carbocycles. The van der Waals surface area contributed by atoms with Gasteiger partial charge in [0.25, 0.3) is 0 Å². The van der Waals surface area contributed by atoms with Gasteiger partial charge in [-0.1, -0.05) is 22.0 Å². The van der Waals surface area contributed by atoms with Crippen molar-refractivity contribution in [2.75, 3.05) is 11.1 Å². The van der Waals surface area contributed by atoms with Crippen LogP contribution in [0.4, 0.5) is 17.1 Å². The second-order valence-electron chi connectivity index (χ2n) is 4.37. The summed E-state index contributed by atoms with van der Waals surface area (Å²) in [5, 5.41) is 8.26. The highest BCUT2D eigenvalue weighted by Gasteiger charge is 2.11. The molecule has 0 atom stereocenters. The van der Waals surface area contributed by atoms with Crippen LogP contribution >= 0.6 is 15.9 Å². The molecule has 0 amide bonds. The molecular weight excluding hydrogens is 342 g/mol. The molecule has 0 aromatic heterocycles. The molecule has 0 saturated heterocycles. The lowest BCUT2D eigenvalue weighted by atomic mass is 10.2. The van der Waals surface area contributed by atoms with E-state index in [2.05, 4.69) is 21.2 Å². The van der Waals surface area contributed by atoms with Gasteiger partial charge in [0.05, 0.1) is 4.90 Å². The zero-order chi connectivity index (χ0) is 14.9. The van der Waals surface area contributed by atoms with Gasteiger partial charge < -0.3 is 11.1 Å². The van der Waals surface area contributed by atoms with Gasteiger partial charge in [-0.2, -0.15) is 0 Å². The minimum Gasteiger partial charge on any atom is -0.399 e. The van der Waals surface area contributed by atoms with Gasteiger partial charge in [-0.25, -0.2) is 13.6 Å². The van der Waals surface area contributed by atoms with Crippen LogP contribution < -0.4 is 16.2 Å². The number of primary sulfonamides is 1. The molecule has 0 bridgehead atoms. The third kappa shape index (κ3) is 3.30. The number of rotatable bonds is 3. The van der Waals surface area contributed by atoms with Crippen molar-refractivity contribution < 1.29 is 8.42 Å². The molecule has 0 heterocycles. The summed E-state index contributed by atoms with van der Waals surface area (Å²) in [6.45, 7) is 1.94. The number of nitrogens with two attached hydrogens (primary N) is 2. The molecular formula is C13H14BrN3O2S. The lowest BCUT2D eigenvalue weighted by Crippen LogP contribution is -2.12. The van der Waals surface area contributed by atoms with Crippen LogP contribution in [0.5, 0.6) is 0 Å². The Balaban J connectivity index is 2.44. The van der Waals surface area contributed by atoms with Gasteiger partial charge in [0.1, 0.15) is 0 Å². The molecule has 2 rings (SSSR count). The molecule has 106 valence electrons. The maximum Gasteiger partial charge on any atom is 0.238 e. The molecule has 7 heteroatoms. The third-order valence-corrected chi connectivity index (χ3v) is 4.56. The highest BCUT2D eigenvalue weighted by atomic mass is 79.9. The van der Waals surface area contributed by atoms with Crippen molar-refractivity contribution in [3.63, 3.8) is 0 Å². The molecule has 5 N–H and O–H groups in total. The zero-order valence-electron chi connectivity index (χ0n) is 10.7. The Hall–Kier alpha value is -1.57. The Morgan fingerprint density at radius 3 is 2.55 bits per heavy atom. The summed E-state index contributed by atoms with van der Waals surface area (Å²) in [5.74, 6) is 0. The van der Waals surface area contributed by atoms with Gasteiger partial charge in [-0.15, -0.1) is 0 Å².